The van der Waals surface area contributed by atoms with E-state index in [0.29, 0.717) is 5.92 Å². The van der Waals surface area contributed by atoms with Crippen molar-refractivity contribution in [3.05, 3.63) is 71.8 Å². The van der Waals surface area contributed by atoms with Crippen LogP contribution in [0.5, 0.6) is 0 Å². The number of rotatable bonds is 2. The minimum Gasteiger partial charge on any atom is -0.298 e. The highest BCUT2D eigenvalue weighted by molar-refractivity contribution is 5.99. The van der Waals surface area contributed by atoms with Crippen molar-refractivity contribution in [2.75, 3.05) is 0 Å². The number of carbonyl (C=O) groups is 1. The molecule has 0 bridgehead atoms. The van der Waals surface area contributed by atoms with Crippen molar-refractivity contribution in [3.63, 3.8) is 0 Å². The summed E-state index contributed by atoms with van der Waals surface area (Å²) in [5.74, 6) is 0.334. The van der Waals surface area contributed by atoms with E-state index in [1.54, 1.807) is 0 Å². The summed E-state index contributed by atoms with van der Waals surface area (Å²) >= 11 is 0. The van der Waals surface area contributed by atoms with Crippen LogP contribution in [0.3, 0.4) is 0 Å². The van der Waals surface area contributed by atoms with Crippen molar-refractivity contribution in [1.29, 1.82) is 0 Å². The van der Waals surface area contributed by atoms with Gasteiger partial charge in [-0.25, -0.2) is 0 Å². The number of allylic oxidation sites excluding steroid dienone is 4. The summed E-state index contributed by atoms with van der Waals surface area (Å²) in [5.41, 5.74) is 2.02. The number of hydrogen-bond acceptors (Lipinski definition) is 1. The fourth-order valence-corrected chi connectivity index (χ4v) is 2.39. The predicted octanol–water partition coefficient (Wildman–Crippen LogP) is 3.86. The third kappa shape index (κ3) is 1.60. The van der Waals surface area contributed by atoms with Crippen LogP contribution >= 0.6 is 0 Å². The van der Waals surface area contributed by atoms with Gasteiger partial charge in [-0.15, -0.1) is 0 Å². The van der Waals surface area contributed by atoms with E-state index in [1.165, 1.54) is 10.9 Å². The Hall–Kier alpha value is -2.15. The van der Waals surface area contributed by atoms with Gasteiger partial charge < -0.3 is 0 Å². The van der Waals surface area contributed by atoms with E-state index in [-0.39, 0.29) is 0 Å². The lowest BCUT2D eigenvalue weighted by Crippen LogP contribution is -1.92. The Morgan fingerprint density at radius 3 is 2.35 bits per heavy atom. The lowest BCUT2D eigenvalue weighted by molar-refractivity contribution is 0.112. The lowest BCUT2D eigenvalue weighted by Gasteiger charge is -2.11. The fraction of sp³-hybridized carbons (Fsp3) is 0.0625. The fourth-order valence-electron chi connectivity index (χ4n) is 2.39. The number of aldehydes is 1. The molecule has 0 fully saturated rings. The average molecular weight is 220 g/mol. The van der Waals surface area contributed by atoms with Gasteiger partial charge in [0.15, 0.2) is 6.29 Å². The molecule has 2 aromatic carbocycles. The molecule has 82 valence electrons. The second-order valence-electron chi connectivity index (χ2n) is 4.20. The number of benzene rings is 2. The summed E-state index contributed by atoms with van der Waals surface area (Å²) in [5, 5.41) is 2.20. The molecule has 0 saturated heterocycles. The van der Waals surface area contributed by atoms with Gasteiger partial charge in [0.25, 0.3) is 0 Å². The lowest BCUT2D eigenvalue weighted by atomic mass is 9.93. The third-order valence-electron chi connectivity index (χ3n) is 3.22. The standard InChI is InChI=1S/C16H12O/c17-11-13-7-3-10-16-14(8-4-9-15(13)16)12-5-1-2-6-12/h1-12H. The van der Waals surface area contributed by atoms with Crippen LogP contribution in [-0.4, -0.2) is 6.29 Å². The topological polar surface area (TPSA) is 17.1 Å². The molecule has 1 nitrogen and oxygen atoms in total. The summed E-state index contributed by atoms with van der Waals surface area (Å²) in [6, 6.07) is 12.0. The Balaban J connectivity index is 2.29. The van der Waals surface area contributed by atoms with Gasteiger partial charge in [0.1, 0.15) is 0 Å². The summed E-state index contributed by atoms with van der Waals surface area (Å²) in [6.07, 6.45) is 9.39. The van der Waals surface area contributed by atoms with E-state index < -0.39 is 0 Å². The van der Waals surface area contributed by atoms with E-state index in [4.69, 9.17) is 0 Å². The van der Waals surface area contributed by atoms with Crippen molar-refractivity contribution in [3.8, 4) is 0 Å². The first-order chi connectivity index (χ1) is 8.40. The SMILES string of the molecule is O=Cc1cccc2c(C3C=CC=C3)cccc12. The molecule has 17 heavy (non-hydrogen) atoms. The molecular formula is C16H12O. The zero-order chi connectivity index (χ0) is 11.7. The highest BCUT2D eigenvalue weighted by atomic mass is 16.1. The molecule has 1 heteroatoms. The maximum atomic E-state index is 11.0. The molecule has 0 N–H and O–H groups in total. The minimum absolute atomic E-state index is 0.334. The van der Waals surface area contributed by atoms with Gasteiger partial charge in [0.05, 0.1) is 0 Å². The van der Waals surface area contributed by atoms with Gasteiger partial charge >= 0.3 is 0 Å². The molecular weight excluding hydrogens is 208 g/mol. The molecule has 0 heterocycles. The molecule has 0 saturated carbocycles. The minimum atomic E-state index is 0.334. The van der Waals surface area contributed by atoms with Crippen LogP contribution in [-0.2, 0) is 0 Å². The van der Waals surface area contributed by atoms with Gasteiger partial charge in [-0.05, 0) is 16.3 Å². The molecule has 0 radical (unpaired) electrons. The Kier molecular flexibility index (Phi) is 2.37. The Morgan fingerprint density at radius 2 is 1.59 bits per heavy atom. The smallest absolute Gasteiger partial charge is 0.150 e. The summed E-state index contributed by atoms with van der Waals surface area (Å²) in [7, 11) is 0. The molecule has 0 aliphatic heterocycles. The Labute approximate surface area is 100 Å². The Morgan fingerprint density at radius 1 is 0.882 bits per heavy atom. The largest absolute Gasteiger partial charge is 0.298 e. The molecule has 3 rings (SSSR count). The van der Waals surface area contributed by atoms with Crippen molar-refractivity contribution < 1.29 is 4.79 Å². The third-order valence-corrected chi connectivity index (χ3v) is 3.22. The molecule has 1 aliphatic carbocycles. The molecule has 0 amide bonds. The van der Waals surface area contributed by atoms with Crippen LogP contribution in [0.4, 0.5) is 0 Å². The predicted molar refractivity (Wildman–Crippen MR) is 70.4 cm³/mol. The van der Waals surface area contributed by atoms with Crippen LogP contribution in [0.1, 0.15) is 21.8 Å². The zero-order valence-corrected chi connectivity index (χ0v) is 9.34. The first-order valence-corrected chi connectivity index (χ1v) is 5.72. The van der Waals surface area contributed by atoms with Gasteiger partial charge in [0.2, 0.25) is 0 Å². The quantitative estimate of drug-likeness (QED) is 0.702. The first-order valence-electron chi connectivity index (χ1n) is 5.72. The maximum absolute atomic E-state index is 11.0. The highest BCUT2D eigenvalue weighted by Crippen LogP contribution is 2.30. The van der Waals surface area contributed by atoms with E-state index in [1.807, 2.05) is 24.3 Å². The summed E-state index contributed by atoms with van der Waals surface area (Å²) in [4.78, 5) is 11.0. The number of fused-ring (bicyclic) bond motifs is 1. The van der Waals surface area contributed by atoms with Crippen LogP contribution < -0.4 is 0 Å². The van der Waals surface area contributed by atoms with Crippen molar-refractivity contribution >= 4 is 17.1 Å². The normalized spacial score (nSPS) is 14.6. The monoisotopic (exact) mass is 220 g/mol. The van der Waals surface area contributed by atoms with E-state index in [9.17, 15) is 4.79 Å². The van der Waals surface area contributed by atoms with Gasteiger partial charge in [-0.2, -0.15) is 0 Å². The first kappa shape index (κ1) is 10.0. The van der Waals surface area contributed by atoms with Crippen molar-refractivity contribution in [2.45, 2.75) is 5.92 Å². The van der Waals surface area contributed by atoms with Crippen LogP contribution in [0.25, 0.3) is 10.8 Å². The molecule has 1 aliphatic rings. The number of carbonyl (C=O) groups excluding carboxylic acids is 1. The van der Waals surface area contributed by atoms with Crippen LogP contribution in [0.2, 0.25) is 0 Å². The van der Waals surface area contributed by atoms with E-state index >= 15 is 0 Å². The molecule has 0 spiro atoms. The molecule has 0 atom stereocenters. The summed E-state index contributed by atoms with van der Waals surface area (Å²) in [6.45, 7) is 0. The van der Waals surface area contributed by atoms with Gasteiger partial charge in [-0.1, -0.05) is 60.7 Å². The van der Waals surface area contributed by atoms with Gasteiger partial charge in [0, 0.05) is 11.5 Å². The van der Waals surface area contributed by atoms with E-state index in [0.717, 1.165) is 17.2 Å². The molecule has 0 unspecified atom stereocenters. The van der Waals surface area contributed by atoms with E-state index in [2.05, 4.69) is 36.4 Å². The molecule has 0 aromatic heterocycles. The van der Waals surface area contributed by atoms with Gasteiger partial charge in [-0.3, -0.25) is 4.79 Å². The maximum Gasteiger partial charge on any atom is 0.150 e. The second-order valence-corrected chi connectivity index (χ2v) is 4.20. The Bertz CT molecular complexity index is 623. The summed E-state index contributed by atoms with van der Waals surface area (Å²) < 4.78 is 0. The molecule has 2 aromatic rings. The van der Waals surface area contributed by atoms with Crippen molar-refractivity contribution in [2.24, 2.45) is 0 Å². The average Bonchev–Trinajstić information content (AvgIpc) is 2.91. The highest BCUT2D eigenvalue weighted by Gasteiger charge is 2.11. The number of hydrogen-bond donors (Lipinski definition) is 0. The van der Waals surface area contributed by atoms with Crippen LogP contribution in [0, 0.1) is 0 Å². The zero-order valence-electron chi connectivity index (χ0n) is 9.34. The second kappa shape index (κ2) is 4.02. The van der Waals surface area contributed by atoms with Crippen molar-refractivity contribution in [1.82, 2.24) is 0 Å². The van der Waals surface area contributed by atoms with Crippen LogP contribution in [0.15, 0.2) is 60.7 Å².